The first-order valence-electron chi connectivity index (χ1n) is 8.99. The molecule has 1 aliphatic rings. The number of carbonyl (C=O) groups excluding carboxylic acids is 1. The van der Waals surface area contributed by atoms with E-state index in [1.165, 1.54) is 17.2 Å². The van der Waals surface area contributed by atoms with E-state index in [0.717, 1.165) is 0 Å². The van der Waals surface area contributed by atoms with Gasteiger partial charge in [0.15, 0.2) is 23.2 Å². The minimum absolute atomic E-state index is 0. The number of ether oxygens (including phenoxy) is 1. The Morgan fingerprint density at radius 3 is 2.30 bits per heavy atom. The van der Waals surface area contributed by atoms with Crippen LogP contribution in [0.5, 0.6) is 0 Å². The summed E-state index contributed by atoms with van der Waals surface area (Å²) in [6, 6.07) is 0. The molecular weight excluding hydrogens is 483 g/mol. The summed E-state index contributed by atoms with van der Waals surface area (Å²) in [5.74, 6) is -1.00. The second-order valence-electron chi connectivity index (χ2n) is 6.59. The predicted octanol–water partition coefficient (Wildman–Crippen LogP) is -11.6. The van der Waals surface area contributed by atoms with Gasteiger partial charge in [0.1, 0.15) is 43.2 Å². The molecule has 3 unspecified atom stereocenters. The molecule has 0 radical (unpaired) electrons. The zero-order chi connectivity index (χ0) is 23.3. The van der Waals surface area contributed by atoms with Crippen molar-refractivity contribution in [3.8, 4) is 0 Å². The number of carbonyl (C=O) groups is 1. The number of aromatic nitrogens is 4. The van der Waals surface area contributed by atoms with Gasteiger partial charge >= 0.3 is 29.6 Å². The molecule has 0 spiro atoms. The van der Waals surface area contributed by atoms with Gasteiger partial charge < -0.3 is 63.0 Å². The molecule has 0 aromatic carbocycles. The fraction of sp³-hybridized carbons (Fsp3) is 0.625. The Kier molecular flexibility index (Phi) is 13.9. The van der Waals surface area contributed by atoms with Crippen molar-refractivity contribution >= 4 is 16.9 Å². The minimum Gasteiger partial charge on any atom is -1.00 e. The number of hydrogen-bond donors (Lipinski definition) is 9. The zero-order valence-corrected chi connectivity index (χ0v) is 20.1. The van der Waals surface area contributed by atoms with Crippen molar-refractivity contribution < 1.29 is 92.3 Å². The summed E-state index contributed by atoms with van der Waals surface area (Å²) >= 11 is 0. The number of Topliss-reactive ketones (excluding diaryl/α,β-unsaturated/α-hetero) is 1. The SMILES string of the molecule is O=C(CO)C(O)C(O)C(O)CO.O=c1[nH]cnc2c1ncn2[C@@H]1O[C@H](CO)[C@@H](O)[C@H]1O.[Cl-].[Na+]. The van der Waals surface area contributed by atoms with E-state index in [9.17, 15) is 19.8 Å². The second kappa shape index (κ2) is 14.4. The number of rotatable bonds is 7. The first kappa shape index (κ1) is 31.9. The van der Waals surface area contributed by atoms with Crippen molar-refractivity contribution in [1.29, 1.82) is 0 Å². The number of nitrogens with one attached hydrogen (secondary N) is 1. The van der Waals surface area contributed by atoms with Gasteiger partial charge in [0.25, 0.3) is 5.56 Å². The van der Waals surface area contributed by atoms with E-state index in [1.54, 1.807) is 0 Å². The summed E-state index contributed by atoms with van der Waals surface area (Å²) in [5, 5.41) is 71.7. The third kappa shape index (κ3) is 7.22. The normalized spacial score (nSPS) is 24.6. The minimum atomic E-state index is -1.86. The molecule has 0 bridgehead atoms. The van der Waals surface area contributed by atoms with E-state index in [2.05, 4.69) is 15.0 Å². The van der Waals surface area contributed by atoms with Gasteiger partial charge in [0, 0.05) is 0 Å². The number of imidazole rings is 1. The number of aliphatic hydroxyl groups is 8. The van der Waals surface area contributed by atoms with Crippen LogP contribution in [0, 0.1) is 0 Å². The van der Waals surface area contributed by atoms with Gasteiger partial charge in [-0.3, -0.25) is 14.2 Å². The van der Waals surface area contributed by atoms with Crippen LogP contribution in [0.4, 0.5) is 0 Å². The Morgan fingerprint density at radius 1 is 1.15 bits per heavy atom. The van der Waals surface area contributed by atoms with E-state index in [0.29, 0.717) is 0 Å². The summed E-state index contributed by atoms with van der Waals surface area (Å²) in [6.45, 7) is -2.11. The van der Waals surface area contributed by atoms with Crippen LogP contribution in [-0.2, 0) is 9.53 Å². The van der Waals surface area contributed by atoms with Crippen molar-refractivity contribution in [1.82, 2.24) is 19.5 Å². The summed E-state index contributed by atoms with van der Waals surface area (Å²) in [6.07, 6.45) is -7.00. The largest absolute Gasteiger partial charge is 1.00 e. The summed E-state index contributed by atoms with van der Waals surface area (Å²) in [4.78, 5) is 32.3. The van der Waals surface area contributed by atoms with Crippen LogP contribution < -0.4 is 47.5 Å². The fourth-order valence-corrected chi connectivity index (χ4v) is 2.76. The Labute approximate surface area is 214 Å². The van der Waals surface area contributed by atoms with Gasteiger partial charge in [0.2, 0.25) is 0 Å². The molecule has 3 rings (SSSR count). The van der Waals surface area contributed by atoms with Crippen molar-refractivity contribution in [3.05, 3.63) is 23.0 Å². The maximum Gasteiger partial charge on any atom is 1.00 e. The topological polar surface area (TPSA) is 252 Å². The number of aliphatic hydroxyl groups excluding tert-OH is 8. The van der Waals surface area contributed by atoms with E-state index < -0.39 is 74.0 Å². The zero-order valence-electron chi connectivity index (χ0n) is 17.3. The van der Waals surface area contributed by atoms with Crippen LogP contribution in [0.15, 0.2) is 17.4 Å². The molecular formula is C16H24ClN4NaO11. The maximum absolute atomic E-state index is 11.5. The molecule has 9 N–H and O–H groups in total. The Bertz CT molecular complexity index is 931. The summed E-state index contributed by atoms with van der Waals surface area (Å²) in [5.41, 5.74) is -0.0608. The van der Waals surface area contributed by atoms with Crippen LogP contribution in [-0.4, -0.2) is 123 Å². The summed E-state index contributed by atoms with van der Waals surface area (Å²) < 4.78 is 6.70. The molecule has 182 valence electrons. The number of nitrogens with zero attached hydrogens (tertiary/aromatic N) is 3. The molecule has 2 aromatic heterocycles. The van der Waals surface area contributed by atoms with Crippen molar-refractivity contribution in [2.75, 3.05) is 19.8 Å². The molecule has 2 aromatic rings. The average Bonchev–Trinajstić information content (AvgIpc) is 3.33. The maximum atomic E-state index is 11.5. The Morgan fingerprint density at radius 2 is 1.79 bits per heavy atom. The number of aromatic amines is 1. The van der Waals surface area contributed by atoms with Crippen molar-refractivity contribution in [2.45, 2.75) is 42.9 Å². The average molecular weight is 507 g/mol. The smallest absolute Gasteiger partial charge is 1.00 e. The molecule has 3 heterocycles. The molecule has 1 saturated heterocycles. The summed E-state index contributed by atoms with van der Waals surface area (Å²) in [7, 11) is 0. The molecule has 0 amide bonds. The van der Waals surface area contributed by atoms with Crippen molar-refractivity contribution in [3.63, 3.8) is 0 Å². The van der Waals surface area contributed by atoms with Gasteiger partial charge in [-0.1, -0.05) is 0 Å². The number of ketones is 1. The quantitative estimate of drug-likeness (QED) is 0.158. The molecule has 0 saturated carbocycles. The molecule has 33 heavy (non-hydrogen) atoms. The number of hydrogen-bond acceptors (Lipinski definition) is 13. The van der Waals surface area contributed by atoms with Crippen molar-refractivity contribution in [2.24, 2.45) is 0 Å². The van der Waals surface area contributed by atoms with E-state index in [4.69, 9.17) is 35.4 Å². The van der Waals surface area contributed by atoms with E-state index in [1.807, 2.05) is 0 Å². The van der Waals surface area contributed by atoms with Gasteiger partial charge in [0.05, 0.1) is 25.9 Å². The first-order valence-corrected chi connectivity index (χ1v) is 8.99. The van der Waals surface area contributed by atoms with Crippen LogP contribution in [0.25, 0.3) is 11.2 Å². The third-order valence-electron chi connectivity index (χ3n) is 4.55. The molecule has 1 aliphatic heterocycles. The van der Waals surface area contributed by atoms with Crippen LogP contribution in [0.3, 0.4) is 0 Å². The standard InChI is InChI=1S/C10H12N4O5.C6H12O6.ClH.Na/c15-1-4-6(16)7(17)10(19-4)14-3-13-5-8(14)11-2-12-9(5)18;7-1-3(9)5(11)6(12)4(10)2-8;;/h2-4,6-7,10,15-17H,1H2,(H,11,12,18);3,5-9,11-12H,1-2H2;1H;/q;;;+1/p-1/t4-,6-,7-,10-;;;/m1.../s1. The van der Waals surface area contributed by atoms with Gasteiger partial charge in [-0.05, 0) is 0 Å². The molecule has 1 fully saturated rings. The third-order valence-corrected chi connectivity index (χ3v) is 4.55. The first-order chi connectivity index (χ1) is 14.7. The van der Waals surface area contributed by atoms with Crippen LogP contribution in [0.2, 0.25) is 0 Å². The van der Waals surface area contributed by atoms with E-state index in [-0.39, 0.29) is 53.1 Å². The number of halogens is 1. The van der Waals surface area contributed by atoms with Gasteiger partial charge in [-0.15, -0.1) is 0 Å². The van der Waals surface area contributed by atoms with E-state index >= 15 is 0 Å². The molecule has 15 nitrogen and oxygen atoms in total. The Hall–Kier alpha value is -1.05. The molecule has 7 atom stereocenters. The Balaban J connectivity index is 0.000000648. The predicted molar refractivity (Wildman–Crippen MR) is 98.4 cm³/mol. The second-order valence-corrected chi connectivity index (χ2v) is 6.59. The van der Waals surface area contributed by atoms with Crippen LogP contribution in [0.1, 0.15) is 6.23 Å². The van der Waals surface area contributed by atoms with Crippen LogP contribution >= 0.6 is 0 Å². The molecule has 0 aliphatic carbocycles. The van der Waals surface area contributed by atoms with Gasteiger partial charge in [-0.25, -0.2) is 9.97 Å². The number of H-pyrrole nitrogens is 1. The fourth-order valence-electron chi connectivity index (χ4n) is 2.76. The molecule has 17 heteroatoms. The number of fused-ring (bicyclic) bond motifs is 1. The van der Waals surface area contributed by atoms with Gasteiger partial charge in [-0.2, -0.15) is 0 Å². The monoisotopic (exact) mass is 506 g/mol.